The molecule has 0 radical (unpaired) electrons. The molecule has 0 spiro atoms. The van der Waals surface area contributed by atoms with Gasteiger partial charge in [0.1, 0.15) is 0 Å². The number of hydrogen-bond acceptors (Lipinski definition) is 4. The smallest absolute Gasteiger partial charge is 0.396 e. The summed E-state index contributed by atoms with van der Waals surface area (Å²) < 4.78 is 50.3. The first-order valence-electron chi connectivity index (χ1n) is 7.14. The molecule has 0 unspecified atom stereocenters. The summed E-state index contributed by atoms with van der Waals surface area (Å²) in [5, 5.41) is 11.0. The van der Waals surface area contributed by atoms with E-state index in [1.54, 1.807) is 6.08 Å². The monoisotopic (exact) mass is 325 g/mol. The van der Waals surface area contributed by atoms with Crippen molar-refractivity contribution >= 4 is 5.91 Å². The second kappa shape index (κ2) is 8.50. The van der Waals surface area contributed by atoms with Gasteiger partial charge in [-0.25, -0.2) is 0 Å². The van der Waals surface area contributed by atoms with E-state index >= 15 is 0 Å². The van der Waals surface area contributed by atoms with E-state index in [4.69, 9.17) is 14.6 Å². The second-order valence-corrected chi connectivity index (χ2v) is 5.08. The van der Waals surface area contributed by atoms with E-state index in [1.165, 1.54) is 7.11 Å². The molecule has 1 amide bonds. The Kier molecular flexibility index (Phi) is 7.31. The van der Waals surface area contributed by atoms with E-state index in [1.807, 2.05) is 0 Å². The minimum absolute atomic E-state index is 0.0216. The van der Waals surface area contributed by atoms with E-state index in [2.05, 4.69) is 5.32 Å². The number of rotatable bonds is 6. The van der Waals surface area contributed by atoms with Crippen LogP contribution < -0.4 is 5.32 Å². The summed E-state index contributed by atoms with van der Waals surface area (Å²) in [6, 6.07) is 0. The lowest BCUT2D eigenvalue weighted by Gasteiger charge is -2.33. The Bertz CT molecular complexity index is 398. The molecule has 1 atom stereocenters. The van der Waals surface area contributed by atoms with Gasteiger partial charge >= 0.3 is 6.18 Å². The molecule has 1 heterocycles. The van der Waals surface area contributed by atoms with Gasteiger partial charge in [0.15, 0.2) is 0 Å². The number of hydrogen-bond donors (Lipinski definition) is 2. The van der Waals surface area contributed by atoms with Gasteiger partial charge in [0, 0.05) is 33.3 Å². The largest absolute Gasteiger partial charge is 0.426 e. The van der Waals surface area contributed by atoms with Gasteiger partial charge in [-0.3, -0.25) is 4.79 Å². The zero-order chi connectivity index (χ0) is 16.6. The predicted octanol–water partition coefficient (Wildman–Crippen LogP) is 1.56. The molecule has 8 heteroatoms. The van der Waals surface area contributed by atoms with E-state index in [9.17, 15) is 18.0 Å². The first kappa shape index (κ1) is 18.9. The maximum absolute atomic E-state index is 13.5. The van der Waals surface area contributed by atoms with Gasteiger partial charge < -0.3 is 19.9 Å². The van der Waals surface area contributed by atoms with Crippen molar-refractivity contribution in [3.8, 4) is 0 Å². The molecule has 1 saturated heterocycles. The van der Waals surface area contributed by atoms with Crippen molar-refractivity contribution in [2.45, 2.75) is 37.5 Å². The highest BCUT2D eigenvalue weighted by molar-refractivity contribution is 5.86. The quantitative estimate of drug-likeness (QED) is 0.574. The summed E-state index contributed by atoms with van der Waals surface area (Å²) in [5.41, 5.74) is -2.40. The van der Waals surface area contributed by atoms with Crippen LogP contribution in [-0.4, -0.2) is 56.3 Å². The summed E-state index contributed by atoms with van der Waals surface area (Å²) in [6.07, 6.45) is -2.74. The summed E-state index contributed by atoms with van der Waals surface area (Å²) in [4.78, 5) is 12.1. The maximum atomic E-state index is 13.5. The Morgan fingerprint density at radius 3 is 2.86 bits per heavy atom. The normalized spacial score (nSPS) is 25.0. The highest BCUT2D eigenvalue weighted by Crippen LogP contribution is 2.41. The van der Waals surface area contributed by atoms with Crippen LogP contribution in [0.4, 0.5) is 13.2 Å². The number of carbonyl (C=O) groups excluding carboxylic acids is 1. The third-order valence-corrected chi connectivity index (χ3v) is 3.45. The van der Waals surface area contributed by atoms with Crippen LogP contribution in [0.5, 0.6) is 0 Å². The molecule has 128 valence electrons. The van der Waals surface area contributed by atoms with Crippen molar-refractivity contribution in [3.63, 3.8) is 0 Å². The van der Waals surface area contributed by atoms with Crippen LogP contribution in [-0.2, 0) is 14.3 Å². The number of amides is 1. The number of nitrogens with one attached hydrogen (secondary N) is 1. The second-order valence-electron chi connectivity index (χ2n) is 5.08. The van der Waals surface area contributed by atoms with Crippen LogP contribution in [0.1, 0.15) is 25.7 Å². The Balaban J connectivity index is 3.00. The Labute approximate surface area is 127 Å². The Hall–Kier alpha value is -1.12. The predicted molar refractivity (Wildman–Crippen MR) is 73.3 cm³/mol. The molecule has 0 aromatic rings. The van der Waals surface area contributed by atoms with Gasteiger partial charge in [0.25, 0.3) is 5.91 Å². The van der Waals surface area contributed by atoms with Gasteiger partial charge in [-0.2, -0.15) is 13.2 Å². The highest BCUT2D eigenvalue weighted by atomic mass is 19.4. The number of carbonyl (C=O) groups is 1. The number of alkyl halides is 3. The average molecular weight is 325 g/mol. The van der Waals surface area contributed by atoms with Crippen LogP contribution in [0.3, 0.4) is 0 Å². The molecule has 22 heavy (non-hydrogen) atoms. The molecular formula is C14H22F3NO4. The molecule has 0 aromatic carbocycles. The van der Waals surface area contributed by atoms with Crippen molar-refractivity contribution in [2.75, 3.05) is 33.5 Å². The van der Waals surface area contributed by atoms with Crippen LogP contribution in [0.2, 0.25) is 0 Å². The molecule has 0 bridgehead atoms. The topological polar surface area (TPSA) is 67.8 Å². The van der Waals surface area contributed by atoms with E-state index in [0.29, 0.717) is 18.4 Å². The van der Waals surface area contributed by atoms with Crippen molar-refractivity contribution in [3.05, 3.63) is 11.6 Å². The van der Waals surface area contributed by atoms with Crippen molar-refractivity contribution < 1.29 is 32.5 Å². The summed E-state index contributed by atoms with van der Waals surface area (Å²) >= 11 is 0. The van der Waals surface area contributed by atoms with Crippen LogP contribution >= 0.6 is 0 Å². The zero-order valence-corrected chi connectivity index (χ0v) is 12.5. The van der Waals surface area contributed by atoms with Crippen molar-refractivity contribution in [1.29, 1.82) is 0 Å². The molecule has 0 aliphatic carbocycles. The first-order valence-corrected chi connectivity index (χ1v) is 7.14. The lowest BCUT2D eigenvalue weighted by atomic mass is 9.90. The van der Waals surface area contributed by atoms with Crippen molar-refractivity contribution in [2.24, 2.45) is 0 Å². The molecule has 0 aromatic heterocycles. The van der Waals surface area contributed by atoms with Crippen molar-refractivity contribution in [1.82, 2.24) is 5.32 Å². The van der Waals surface area contributed by atoms with E-state index < -0.39 is 24.1 Å². The first-order chi connectivity index (χ1) is 10.4. The average Bonchev–Trinajstić information content (AvgIpc) is 2.68. The zero-order valence-electron chi connectivity index (χ0n) is 12.5. The van der Waals surface area contributed by atoms with Gasteiger partial charge in [-0.1, -0.05) is 11.6 Å². The number of ether oxygens (including phenoxy) is 2. The molecule has 1 rings (SSSR count). The van der Waals surface area contributed by atoms with Crippen LogP contribution in [0.25, 0.3) is 0 Å². The van der Waals surface area contributed by atoms with Crippen LogP contribution in [0.15, 0.2) is 11.6 Å². The Morgan fingerprint density at radius 1 is 1.55 bits per heavy atom. The fraction of sp³-hybridized carbons (Fsp3) is 0.786. The van der Waals surface area contributed by atoms with Gasteiger partial charge in [0.05, 0.1) is 6.61 Å². The van der Waals surface area contributed by atoms with E-state index in [-0.39, 0.29) is 32.8 Å². The molecule has 5 nitrogen and oxygen atoms in total. The number of methoxy groups -OCH3 is 1. The fourth-order valence-corrected chi connectivity index (χ4v) is 2.31. The van der Waals surface area contributed by atoms with Gasteiger partial charge in [-0.05, 0) is 19.3 Å². The molecule has 0 saturated carbocycles. The Morgan fingerprint density at radius 2 is 2.27 bits per heavy atom. The highest BCUT2D eigenvalue weighted by Gasteiger charge is 2.62. The SMILES string of the molecule is COCCNC(=O)[C@]1(C(F)(F)F)C/C(=C/CCO)CCCO1. The minimum atomic E-state index is -4.83. The number of aliphatic hydroxyl groups excluding tert-OH is 1. The van der Waals surface area contributed by atoms with E-state index in [0.717, 1.165) is 0 Å². The molecule has 2 N–H and O–H groups in total. The third-order valence-electron chi connectivity index (χ3n) is 3.45. The lowest BCUT2D eigenvalue weighted by molar-refractivity contribution is -0.265. The fourth-order valence-electron chi connectivity index (χ4n) is 2.31. The lowest BCUT2D eigenvalue weighted by Crippen LogP contribution is -2.59. The van der Waals surface area contributed by atoms with Gasteiger partial charge in [-0.15, -0.1) is 0 Å². The summed E-state index contributed by atoms with van der Waals surface area (Å²) in [7, 11) is 1.39. The third kappa shape index (κ3) is 4.69. The standard InChI is InChI=1S/C14H22F3NO4/c1-21-9-6-18-12(20)13(14(15,16)17)10-11(4-2-7-19)5-3-8-22-13/h4,19H,2-3,5-10H2,1H3,(H,18,20)/b11-4+/t13-/m0/s1. The van der Waals surface area contributed by atoms with Gasteiger partial charge in [0.2, 0.25) is 5.60 Å². The number of halogens is 3. The number of aliphatic hydroxyl groups is 1. The summed E-state index contributed by atoms with van der Waals surface area (Å²) in [5.74, 6) is -1.20. The molecule has 1 aliphatic heterocycles. The van der Waals surface area contributed by atoms with Crippen LogP contribution in [0, 0.1) is 0 Å². The maximum Gasteiger partial charge on any atom is 0.426 e. The molecule has 1 fully saturated rings. The molecular weight excluding hydrogens is 303 g/mol. The molecule has 1 aliphatic rings. The summed E-state index contributed by atoms with van der Waals surface area (Å²) in [6.45, 7) is -0.198. The minimum Gasteiger partial charge on any atom is -0.396 e.